The molecule has 0 aromatic heterocycles. The number of carboxylic acids is 1. The van der Waals surface area contributed by atoms with E-state index in [1.54, 1.807) is 14.0 Å². The van der Waals surface area contributed by atoms with Gasteiger partial charge in [0.1, 0.15) is 6.04 Å². The van der Waals surface area contributed by atoms with Crippen molar-refractivity contribution in [1.29, 1.82) is 0 Å². The molecule has 6 heteroatoms. The lowest BCUT2D eigenvalue weighted by Gasteiger charge is -2.20. The number of carbonyl (C=O) groups excluding carboxylic acids is 1. The van der Waals surface area contributed by atoms with E-state index in [9.17, 15) is 9.59 Å². The van der Waals surface area contributed by atoms with Crippen LogP contribution in [0.4, 0.5) is 4.79 Å². The second kappa shape index (κ2) is 8.81. The number of amides is 2. The van der Waals surface area contributed by atoms with E-state index >= 15 is 0 Å². The number of aliphatic hydroxyl groups is 1. The summed E-state index contributed by atoms with van der Waals surface area (Å²) in [7, 11) is 1.63. The molecule has 0 unspecified atom stereocenters. The number of carboxylic acid groups (broad SMARTS) is 1. The van der Waals surface area contributed by atoms with Crippen molar-refractivity contribution in [2.75, 3.05) is 20.2 Å². The molecule has 100 valence electrons. The Bertz CT molecular complexity index is 246. The number of nitrogens with one attached hydrogen (secondary N) is 1. The number of urea groups is 1. The van der Waals surface area contributed by atoms with E-state index in [0.717, 1.165) is 19.3 Å². The number of nitrogens with zero attached hydrogens (tertiary/aromatic N) is 1. The van der Waals surface area contributed by atoms with Crippen molar-refractivity contribution < 1.29 is 19.8 Å². The molecule has 0 spiro atoms. The monoisotopic (exact) mass is 246 g/mol. The van der Waals surface area contributed by atoms with Crippen molar-refractivity contribution in [2.24, 2.45) is 0 Å². The number of hydrogen-bond donors (Lipinski definition) is 3. The van der Waals surface area contributed by atoms with Gasteiger partial charge in [-0.25, -0.2) is 9.59 Å². The molecule has 0 saturated heterocycles. The standard InChI is InChI=1S/C11H22N2O4/c1-3-9(10(15)16)12-11(17)13(2)7-5-4-6-8-14/h9,14H,3-8H2,1-2H3,(H,12,17)(H,15,16)/t9-/m0/s1. The molecule has 17 heavy (non-hydrogen) atoms. The summed E-state index contributed by atoms with van der Waals surface area (Å²) < 4.78 is 0. The maximum absolute atomic E-state index is 11.6. The second-order valence-electron chi connectivity index (χ2n) is 3.95. The van der Waals surface area contributed by atoms with E-state index < -0.39 is 12.0 Å². The Morgan fingerprint density at radius 1 is 1.29 bits per heavy atom. The lowest BCUT2D eigenvalue weighted by molar-refractivity contribution is -0.139. The van der Waals surface area contributed by atoms with Crippen LogP contribution in [-0.2, 0) is 4.79 Å². The Balaban J connectivity index is 3.91. The Kier molecular flexibility index (Phi) is 8.13. The maximum atomic E-state index is 11.6. The highest BCUT2D eigenvalue weighted by Crippen LogP contribution is 1.98. The highest BCUT2D eigenvalue weighted by Gasteiger charge is 2.19. The van der Waals surface area contributed by atoms with Gasteiger partial charge in [-0.1, -0.05) is 6.92 Å². The van der Waals surface area contributed by atoms with Gasteiger partial charge in [0.2, 0.25) is 0 Å². The molecule has 0 rings (SSSR count). The molecule has 0 heterocycles. The fourth-order valence-corrected chi connectivity index (χ4v) is 1.34. The molecule has 3 N–H and O–H groups in total. The lowest BCUT2D eigenvalue weighted by atomic mass is 10.2. The van der Waals surface area contributed by atoms with E-state index in [2.05, 4.69) is 5.32 Å². The van der Waals surface area contributed by atoms with Crippen LogP contribution in [0.3, 0.4) is 0 Å². The van der Waals surface area contributed by atoms with E-state index in [-0.39, 0.29) is 12.6 Å². The van der Waals surface area contributed by atoms with Crippen LogP contribution in [0.25, 0.3) is 0 Å². The van der Waals surface area contributed by atoms with Crippen molar-refractivity contribution in [3.05, 3.63) is 0 Å². The van der Waals surface area contributed by atoms with Gasteiger partial charge in [0, 0.05) is 20.2 Å². The summed E-state index contributed by atoms with van der Waals surface area (Å²) in [6.07, 6.45) is 2.74. The average molecular weight is 246 g/mol. The molecule has 1 atom stereocenters. The van der Waals surface area contributed by atoms with Gasteiger partial charge in [-0.05, 0) is 25.7 Å². The van der Waals surface area contributed by atoms with Crippen LogP contribution in [0.2, 0.25) is 0 Å². The second-order valence-corrected chi connectivity index (χ2v) is 3.95. The molecule has 2 amide bonds. The zero-order valence-corrected chi connectivity index (χ0v) is 10.5. The highest BCUT2D eigenvalue weighted by atomic mass is 16.4. The Morgan fingerprint density at radius 2 is 1.94 bits per heavy atom. The summed E-state index contributed by atoms with van der Waals surface area (Å²) >= 11 is 0. The number of aliphatic hydroxyl groups excluding tert-OH is 1. The Hall–Kier alpha value is -1.30. The minimum Gasteiger partial charge on any atom is -0.480 e. The molecule has 0 aliphatic carbocycles. The van der Waals surface area contributed by atoms with E-state index in [1.807, 2.05) is 0 Å². The molecule has 0 saturated carbocycles. The van der Waals surface area contributed by atoms with E-state index in [1.165, 1.54) is 4.90 Å². The topological polar surface area (TPSA) is 89.9 Å². The number of hydrogen-bond acceptors (Lipinski definition) is 3. The molecule has 0 bridgehead atoms. The molecule has 0 fully saturated rings. The van der Waals surface area contributed by atoms with Gasteiger partial charge in [0.05, 0.1) is 0 Å². The molecule has 0 aromatic carbocycles. The number of unbranched alkanes of at least 4 members (excludes halogenated alkanes) is 2. The lowest BCUT2D eigenvalue weighted by Crippen LogP contribution is -2.46. The largest absolute Gasteiger partial charge is 0.480 e. The Morgan fingerprint density at radius 3 is 2.41 bits per heavy atom. The summed E-state index contributed by atoms with van der Waals surface area (Å²) in [4.78, 5) is 23.8. The predicted molar refractivity (Wildman–Crippen MR) is 63.8 cm³/mol. The minimum atomic E-state index is -1.02. The first-order valence-electron chi connectivity index (χ1n) is 5.88. The van der Waals surface area contributed by atoms with Crippen LogP contribution in [0.5, 0.6) is 0 Å². The smallest absolute Gasteiger partial charge is 0.326 e. The van der Waals surface area contributed by atoms with Gasteiger partial charge in [0.15, 0.2) is 0 Å². The van der Waals surface area contributed by atoms with Crippen LogP contribution >= 0.6 is 0 Å². The first kappa shape index (κ1) is 15.7. The maximum Gasteiger partial charge on any atom is 0.326 e. The summed E-state index contributed by atoms with van der Waals surface area (Å²) in [5.41, 5.74) is 0. The van der Waals surface area contributed by atoms with Crippen molar-refractivity contribution in [3.8, 4) is 0 Å². The molecule has 6 nitrogen and oxygen atoms in total. The fourth-order valence-electron chi connectivity index (χ4n) is 1.34. The summed E-state index contributed by atoms with van der Waals surface area (Å²) in [5.74, 6) is -1.02. The number of carbonyl (C=O) groups is 2. The van der Waals surface area contributed by atoms with Crippen molar-refractivity contribution in [3.63, 3.8) is 0 Å². The van der Waals surface area contributed by atoms with Crippen molar-refractivity contribution in [2.45, 2.75) is 38.6 Å². The highest BCUT2D eigenvalue weighted by molar-refractivity contribution is 5.82. The third-order valence-corrected chi connectivity index (χ3v) is 2.50. The molecule has 0 aliphatic heterocycles. The molecular weight excluding hydrogens is 224 g/mol. The third-order valence-electron chi connectivity index (χ3n) is 2.50. The third kappa shape index (κ3) is 6.78. The Labute approximate surface area is 102 Å². The first-order chi connectivity index (χ1) is 8.02. The van der Waals surface area contributed by atoms with Crippen LogP contribution < -0.4 is 5.32 Å². The predicted octanol–water partition coefficient (Wildman–Crippen LogP) is 0.654. The molecule has 0 aromatic rings. The SMILES string of the molecule is CC[C@H](NC(=O)N(C)CCCCCO)C(=O)O. The zero-order valence-electron chi connectivity index (χ0n) is 10.5. The number of aliphatic carboxylic acids is 1. The van der Waals surface area contributed by atoms with Gasteiger partial charge in [-0.3, -0.25) is 0 Å². The zero-order chi connectivity index (χ0) is 13.3. The van der Waals surface area contributed by atoms with Crippen LogP contribution in [0.1, 0.15) is 32.6 Å². The van der Waals surface area contributed by atoms with Gasteiger partial charge < -0.3 is 20.4 Å². The van der Waals surface area contributed by atoms with Crippen LogP contribution in [-0.4, -0.2) is 53.4 Å². The summed E-state index contributed by atoms with van der Waals surface area (Å²) in [6, 6.07) is -1.20. The van der Waals surface area contributed by atoms with Gasteiger partial charge in [-0.15, -0.1) is 0 Å². The van der Waals surface area contributed by atoms with Crippen LogP contribution in [0, 0.1) is 0 Å². The van der Waals surface area contributed by atoms with Gasteiger partial charge in [0.25, 0.3) is 0 Å². The molecular formula is C11H22N2O4. The normalized spacial score (nSPS) is 11.9. The number of rotatable bonds is 8. The van der Waals surface area contributed by atoms with Crippen molar-refractivity contribution in [1.82, 2.24) is 10.2 Å². The van der Waals surface area contributed by atoms with Crippen LogP contribution in [0.15, 0.2) is 0 Å². The van der Waals surface area contributed by atoms with Crippen molar-refractivity contribution >= 4 is 12.0 Å². The quantitative estimate of drug-likeness (QED) is 0.549. The van der Waals surface area contributed by atoms with E-state index in [4.69, 9.17) is 10.2 Å². The average Bonchev–Trinajstić information content (AvgIpc) is 2.30. The minimum absolute atomic E-state index is 0.160. The van der Waals surface area contributed by atoms with Gasteiger partial charge >= 0.3 is 12.0 Å². The summed E-state index contributed by atoms with van der Waals surface area (Å²) in [5, 5.41) is 19.8. The first-order valence-corrected chi connectivity index (χ1v) is 5.88. The fraction of sp³-hybridized carbons (Fsp3) is 0.818. The summed E-state index contributed by atoms with van der Waals surface area (Å²) in [6.45, 7) is 2.43. The molecule has 0 radical (unpaired) electrons. The van der Waals surface area contributed by atoms with Gasteiger partial charge in [-0.2, -0.15) is 0 Å². The van der Waals surface area contributed by atoms with E-state index in [0.29, 0.717) is 13.0 Å². The molecule has 0 aliphatic rings.